The molecule has 1 heterocycles. The van der Waals surface area contributed by atoms with E-state index in [0.29, 0.717) is 35.2 Å². The van der Waals surface area contributed by atoms with Crippen LogP contribution in [-0.4, -0.2) is 40.8 Å². The maximum absolute atomic E-state index is 10.3. The number of hydrogen-bond donors (Lipinski definition) is 1. The Bertz CT molecular complexity index is 993. The summed E-state index contributed by atoms with van der Waals surface area (Å²) in [5.74, 6) is 3.03. The molecule has 0 atom stereocenters. The van der Waals surface area contributed by atoms with E-state index in [1.807, 2.05) is 18.2 Å². The van der Waals surface area contributed by atoms with Crippen LogP contribution in [0.4, 0.5) is 0 Å². The average molecular weight is 473 g/mol. The number of benzene rings is 2. The van der Waals surface area contributed by atoms with Gasteiger partial charge >= 0.3 is 0 Å². The van der Waals surface area contributed by atoms with E-state index in [9.17, 15) is 5.11 Å². The lowest BCUT2D eigenvalue weighted by molar-refractivity contribution is 0.0206. The zero-order valence-electron chi connectivity index (χ0n) is 20.6. The number of aliphatic hydroxyl groups excluding tert-OH is 1. The van der Waals surface area contributed by atoms with Crippen molar-refractivity contribution in [2.24, 2.45) is 0 Å². The van der Waals surface area contributed by atoms with Gasteiger partial charge in [0, 0.05) is 20.7 Å². The minimum atomic E-state index is -1.18. The van der Waals surface area contributed by atoms with Gasteiger partial charge in [0.05, 0.1) is 37.5 Å². The molecule has 0 fully saturated rings. The summed E-state index contributed by atoms with van der Waals surface area (Å²) in [7, 11) is 2.10. The molecule has 1 aliphatic rings. The third-order valence-corrected chi connectivity index (χ3v) is 7.28. The molecule has 1 N–H and O–H groups in total. The Kier molecular flexibility index (Phi) is 8.45. The molecule has 0 aliphatic carbocycles. The van der Waals surface area contributed by atoms with Gasteiger partial charge in [-0.3, -0.25) is 0 Å². The molecule has 0 aromatic heterocycles. The highest BCUT2D eigenvalue weighted by atomic mass is 28.3. The first-order chi connectivity index (χ1) is 15.8. The molecule has 6 nitrogen and oxygen atoms in total. The Morgan fingerprint density at radius 2 is 1.79 bits per heavy atom. The van der Waals surface area contributed by atoms with Crippen LogP contribution in [0.5, 0.6) is 28.7 Å². The minimum Gasteiger partial charge on any atom is -0.496 e. The van der Waals surface area contributed by atoms with Crippen molar-refractivity contribution >= 4 is 13.6 Å². The molecule has 7 heteroatoms. The van der Waals surface area contributed by atoms with Gasteiger partial charge in [-0.2, -0.15) is 0 Å². The number of allylic oxidation sites excluding steroid dienone is 1. The molecule has 0 bridgehead atoms. The summed E-state index contributed by atoms with van der Waals surface area (Å²) in [5, 5.41) is 10.3. The van der Waals surface area contributed by atoms with Gasteiger partial charge in [-0.15, -0.1) is 0 Å². The number of rotatable bonds is 11. The van der Waals surface area contributed by atoms with Gasteiger partial charge < -0.3 is 28.8 Å². The molecule has 0 amide bonds. The van der Waals surface area contributed by atoms with E-state index in [2.05, 4.69) is 32.6 Å². The second-order valence-electron chi connectivity index (χ2n) is 9.24. The van der Waals surface area contributed by atoms with E-state index in [4.69, 9.17) is 23.7 Å². The average Bonchev–Trinajstić information content (AvgIpc) is 2.79. The molecular formula is C26H36O6Si. The normalized spacial score (nSPS) is 13.8. The lowest BCUT2D eigenvalue weighted by Gasteiger charge is -2.29. The Morgan fingerprint density at radius 1 is 1.03 bits per heavy atom. The predicted molar refractivity (Wildman–Crippen MR) is 134 cm³/mol. The number of aliphatic hydroxyl groups is 1. The number of fused-ring (bicyclic) bond motifs is 2. The number of ether oxygens (including phenoxy) is 5. The topological polar surface area (TPSA) is 66.4 Å². The monoisotopic (exact) mass is 472 g/mol. The molecule has 2 aromatic carbocycles. The molecule has 1 aliphatic heterocycles. The first-order valence-corrected chi connectivity index (χ1v) is 15.2. The van der Waals surface area contributed by atoms with Crippen LogP contribution in [0, 0.1) is 0 Å². The van der Waals surface area contributed by atoms with E-state index in [-0.39, 0.29) is 13.4 Å². The SMILES string of the molecule is CCC/C=C1\c2c(OC)cccc2Oc2c(CO)c(OCOCC[Si](C)(C)C)cc(OC)c21. The van der Waals surface area contributed by atoms with Crippen molar-refractivity contribution in [2.75, 3.05) is 27.6 Å². The van der Waals surface area contributed by atoms with E-state index < -0.39 is 8.07 Å². The molecule has 3 rings (SSSR count). The third-order valence-electron chi connectivity index (χ3n) is 5.58. The highest BCUT2D eigenvalue weighted by molar-refractivity contribution is 6.76. The fraction of sp³-hybridized carbons (Fsp3) is 0.462. The quantitative estimate of drug-likeness (QED) is 0.203. The lowest BCUT2D eigenvalue weighted by atomic mass is 9.89. The number of unbranched alkanes of at least 4 members (excludes halogenated alkanes) is 1. The van der Waals surface area contributed by atoms with Crippen molar-refractivity contribution in [1.82, 2.24) is 0 Å². The number of methoxy groups -OCH3 is 2. The molecule has 0 saturated heterocycles. The fourth-order valence-corrected chi connectivity index (χ4v) is 4.52. The second kappa shape index (κ2) is 11.1. The van der Waals surface area contributed by atoms with Gasteiger partial charge in [-0.1, -0.05) is 45.1 Å². The fourth-order valence-electron chi connectivity index (χ4n) is 3.76. The van der Waals surface area contributed by atoms with E-state index in [1.54, 1.807) is 20.3 Å². The van der Waals surface area contributed by atoms with Crippen LogP contribution in [0.2, 0.25) is 25.7 Å². The molecular weight excluding hydrogens is 436 g/mol. The minimum absolute atomic E-state index is 0.0996. The van der Waals surface area contributed by atoms with Crippen molar-refractivity contribution in [3.63, 3.8) is 0 Å². The van der Waals surface area contributed by atoms with Gasteiger partial charge in [-0.25, -0.2) is 0 Å². The summed E-state index contributed by atoms with van der Waals surface area (Å²) in [6, 6.07) is 8.57. The van der Waals surface area contributed by atoms with E-state index in [0.717, 1.165) is 41.3 Å². The molecule has 0 saturated carbocycles. The molecule has 0 unspecified atom stereocenters. The summed E-state index contributed by atoms with van der Waals surface area (Å²) < 4.78 is 29.4. The summed E-state index contributed by atoms with van der Waals surface area (Å²) in [6.45, 7) is 9.57. The maximum Gasteiger partial charge on any atom is 0.189 e. The van der Waals surface area contributed by atoms with Crippen molar-refractivity contribution in [3.05, 3.63) is 47.0 Å². The van der Waals surface area contributed by atoms with Crippen LogP contribution >= 0.6 is 0 Å². The van der Waals surface area contributed by atoms with E-state index >= 15 is 0 Å². The lowest BCUT2D eigenvalue weighted by Crippen LogP contribution is -2.22. The first-order valence-electron chi connectivity index (χ1n) is 11.5. The maximum atomic E-state index is 10.3. The standard InChI is InChI=1S/C26H36O6Si/c1-7-8-10-18-24-20(28-2)11-9-12-21(24)32-26-19(16-27)22(15-23(29-3)25(18)26)31-17-30-13-14-33(4,5)6/h9-12,15,27H,7-8,13-14,16-17H2,1-6H3/b18-10+. The third kappa shape index (κ3) is 5.72. The largest absolute Gasteiger partial charge is 0.496 e. The van der Waals surface area contributed by atoms with Gasteiger partial charge in [0.2, 0.25) is 0 Å². The number of hydrogen-bond acceptors (Lipinski definition) is 6. The molecule has 33 heavy (non-hydrogen) atoms. The van der Waals surface area contributed by atoms with Gasteiger partial charge in [0.1, 0.15) is 28.7 Å². The molecule has 0 spiro atoms. The first kappa shape index (κ1) is 25.1. The molecule has 2 aromatic rings. The Morgan fingerprint density at radius 3 is 2.42 bits per heavy atom. The zero-order chi connectivity index (χ0) is 24.0. The highest BCUT2D eigenvalue weighted by Crippen LogP contribution is 2.54. The summed E-state index contributed by atoms with van der Waals surface area (Å²) >= 11 is 0. The van der Waals surface area contributed by atoms with Gasteiger partial charge in [0.25, 0.3) is 0 Å². The highest BCUT2D eigenvalue weighted by Gasteiger charge is 2.32. The van der Waals surface area contributed by atoms with Crippen molar-refractivity contribution < 1.29 is 28.8 Å². The van der Waals surface area contributed by atoms with Crippen LogP contribution in [0.3, 0.4) is 0 Å². The molecule has 180 valence electrons. The summed E-state index contributed by atoms with van der Waals surface area (Å²) in [4.78, 5) is 0. The van der Waals surface area contributed by atoms with Crippen molar-refractivity contribution in [1.29, 1.82) is 0 Å². The Hall–Kier alpha value is -2.48. The van der Waals surface area contributed by atoms with Crippen molar-refractivity contribution in [3.8, 4) is 28.7 Å². The second-order valence-corrected chi connectivity index (χ2v) is 14.9. The van der Waals surface area contributed by atoms with E-state index in [1.165, 1.54) is 0 Å². The van der Waals surface area contributed by atoms with Crippen LogP contribution in [0.15, 0.2) is 30.3 Å². The smallest absolute Gasteiger partial charge is 0.189 e. The van der Waals surface area contributed by atoms with Crippen LogP contribution < -0.4 is 18.9 Å². The Labute approximate surface area is 198 Å². The summed E-state index contributed by atoms with van der Waals surface area (Å²) in [5.41, 5.74) is 3.20. The predicted octanol–water partition coefficient (Wildman–Crippen LogP) is 6.22. The zero-order valence-corrected chi connectivity index (χ0v) is 21.6. The Balaban J connectivity index is 2.02. The summed E-state index contributed by atoms with van der Waals surface area (Å²) in [6.07, 6.45) is 4.05. The molecule has 0 radical (unpaired) electrons. The van der Waals surface area contributed by atoms with Gasteiger partial charge in [-0.05, 0) is 30.2 Å². The van der Waals surface area contributed by atoms with Crippen LogP contribution in [0.1, 0.15) is 36.5 Å². The van der Waals surface area contributed by atoms with Gasteiger partial charge in [0.15, 0.2) is 6.79 Å². The van der Waals surface area contributed by atoms with Crippen LogP contribution in [0.25, 0.3) is 5.57 Å². The van der Waals surface area contributed by atoms with Crippen LogP contribution in [-0.2, 0) is 11.3 Å². The van der Waals surface area contributed by atoms with Crippen molar-refractivity contribution in [2.45, 2.75) is 52.1 Å².